The number of benzene rings is 1. The van der Waals surface area contributed by atoms with Gasteiger partial charge in [-0.3, -0.25) is 18.7 Å². The monoisotopic (exact) mass is 367 g/mol. The number of carbonyl (C=O) groups is 1. The zero-order chi connectivity index (χ0) is 19.3. The summed E-state index contributed by atoms with van der Waals surface area (Å²) in [5, 5.41) is 0. The average Bonchev–Trinajstić information content (AvgIpc) is 3.03. The fourth-order valence-corrected chi connectivity index (χ4v) is 3.69. The van der Waals surface area contributed by atoms with Crippen molar-refractivity contribution >= 4 is 28.6 Å². The minimum absolute atomic E-state index is 0.236. The van der Waals surface area contributed by atoms with Crippen molar-refractivity contribution in [3.8, 4) is 0 Å². The Morgan fingerprint density at radius 3 is 2.56 bits per heavy atom. The summed E-state index contributed by atoms with van der Waals surface area (Å²) in [6.07, 6.45) is 0. The van der Waals surface area contributed by atoms with E-state index in [4.69, 9.17) is 0 Å². The van der Waals surface area contributed by atoms with E-state index in [-0.39, 0.29) is 18.2 Å². The van der Waals surface area contributed by atoms with E-state index in [0.717, 1.165) is 16.8 Å². The highest BCUT2D eigenvalue weighted by Crippen LogP contribution is 2.32. The maximum absolute atomic E-state index is 13.0. The van der Waals surface area contributed by atoms with Crippen LogP contribution in [0.5, 0.6) is 0 Å². The number of carbonyl (C=O) groups excluding carboxylic acids is 1. The molecular weight excluding hydrogens is 346 g/mol. The van der Waals surface area contributed by atoms with Gasteiger partial charge in [0.15, 0.2) is 11.2 Å². The van der Waals surface area contributed by atoms with Gasteiger partial charge in [0.05, 0.1) is 6.54 Å². The van der Waals surface area contributed by atoms with Crippen LogP contribution in [0.25, 0.3) is 11.2 Å². The Balaban J connectivity index is 2.03. The summed E-state index contributed by atoms with van der Waals surface area (Å²) in [6.45, 7) is 4.63. The van der Waals surface area contributed by atoms with E-state index in [9.17, 15) is 14.4 Å². The number of fused-ring (bicyclic) bond motifs is 3. The molecule has 0 N–H and O–H groups in total. The Morgan fingerprint density at radius 2 is 1.89 bits per heavy atom. The normalized spacial score (nSPS) is 16.6. The van der Waals surface area contributed by atoms with Crippen LogP contribution in [0.15, 0.2) is 39.9 Å². The Kier molecular flexibility index (Phi) is 3.98. The van der Waals surface area contributed by atoms with Crippen molar-refractivity contribution in [2.24, 2.45) is 13.0 Å². The highest BCUT2D eigenvalue weighted by atomic mass is 16.2. The molecule has 3 heterocycles. The maximum Gasteiger partial charge on any atom is 0.332 e. The highest BCUT2D eigenvalue weighted by Gasteiger charge is 2.29. The third-order valence-corrected chi connectivity index (χ3v) is 4.89. The van der Waals surface area contributed by atoms with E-state index in [2.05, 4.69) is 16.8 Å². The van der Waals surface area contributed by atoms with Gasteiger partial charge >= 0.3 is 5.69 Å². The lowest BCUT2D eigenvalue weighted by atomic mass is 10.1. The van der Waals surface area contributed by atoms with E-state index in [1.807, 2.05) is 34.9 Å². The molecule has 0 spiro atoms. The van der Waals surface area contributed by atoms with Crippen molar-refractivity contribution in [3.63, 3.8) is 0 Å². The topological polar surface area (TPSA) is 82.1 Å². The quantitative estimate of drug-likeness (QED) is 0.696. The fourth-order valence-electron chi connectivity index (χ4n) is 3.69. The predicted octanol–water partition coefficient (Wildman–Crippen LogP) is 1.27. The Morgan fingerprint density at radius 1 is 1.19 bits per heavy atom. The number of imidazole rings is 1. The molecule has 1 aliphatic rings. The molecule has 27 heavy (non-hydrogen) atoms. The Bertz CT molecular complexity index is 1160. The molecule has 8 nitrogen and oxygen atoms in total. The fraction of sp³-hybridized carbons (Fsp3) is 0.368. The number of ketones is 1. The number of anilines is 2. The Hall–Kier alpha value is -3.16. The van der Waals surface area contributed by atoms with Crippen molar-refractivity contribution in [2.75, 3.05) is 11.4 Å². The van der Waals surface area contributed by atoms with Gasteiger partial charge in [-0.15, -0.1) is 0 Å². The highest BCUT2D eigenvalue weighted by molar-refractivity contribution is 5.78. The summed E-state index contributed by atoms with van der Waals surface area (Å²) < 4.78 is 4.21. The summed E-state index contributed by atoms with van der Waals surface area (Å²) in [6, 6.07) is 9.85. The van der Waals surface area contributed by atoms with E-state index < -0.39 is 11.2 Å². The van der Waals surface area contributed by atoms with Gasteiger partial charge in [0.25, 0.3) is 5.56 Å². The minimum Gasteiger partial charge on any atom is -0.312 e. The molecule has 1 atom stereocenters. The molecule has 0 bridgehead atoms. The first kappa shape index (κ1) is 17.3. The standard InChI is InChI=1S/C19H21N5O3/c1-12-9-22(14-7-5-4-6-8-14)18-20-16-15(23(18)10-12)17(26)24(11-13(2)25)19(27)21(16)3/h4-8,12H,9-11H2,1-3H3/t12-/m0/s1. The van der Waals surface area contributed by atoms with Crippen LogP contribution in [0.3, 0.4) is 0 Å². The van der Waals surface area contributed by atoms with Gasteiger partial charge in [-0.05, 0) is 25.0 Å². The second kappa shape index (κ2) is 6.22. The van der Waals surface area contributed by atoms with Crippen LogP contribution in [0.4, 0.5) is 11.6 Å². The minimum atomic E-state index is -0.530. The molecule has 1 aliphatic heterocycles. The number of para-hydroxylation sites is 1. The first-order valence-corrected chi connectivity index (χ1v) is 8.90. The largest absolute Gasteiger partial charge is 0.332 e. The molecule has 0 saturated heterocycles. The van der Waals surface area contributed by atoms with Crippen LogP contribution in [-0.2, 0) is 24.9 Å². The first-order chi connectivity index (χ1) is 12.9. The van der Waals surface area contributed by atoms with Crippen LogP contribution in [0, 0.1) is 5.92 Å². The zero-order valence-electron chi connectivity index (χ0n) is 15.5. The molecule has 0 amide bonds. The summed E-state index contributed by atoms with van der Waals surface area (Å²) in [4.78, 5) is 43.9. The van der Waals surface area contributed by atoms with Gasteiger partial charge < -0.3 is 9.47 Å². The molecule has 2 aromatic heterocycles. The van der Waals surface area contributed by atoms with E-state index in [1.165, 1.54) is 11.5 Å². The number of Topliss-reactive ketones (excluding diaryl/α,β-unsaturated/α-hetero) is 1. The van der Waals surface area contributed by atoms with Gasteiger partial charge in [0.1, 0.15) is 5.78 Å². The SMILES string of the molecule is CC(=O)Cn1c(=O)c2c(nc3n2C[C@@H](C)CN3c2ccccc2)n(C)c1=O. The van der Waals surface area contributed by atoms with Crippen LogP contribution in [0.1, 0.15) is 13.8 Å². The number of rotatable bonds is 3. The first-order valence-electron chi connectivity index (χ1n) is 8.90. The van der Waals surface area contributed by atoms with E-state index in [1.54, 1.807) is 7.05 Å². The molecule has 4 rings (SSSR count). The number of hydrogen-bond acceptors (Lipinski definition) is 5. The van der Waals surface area contributed by atoms with Crippen LogP contribution in [-0.4, -0.2) is 31.0 Å². The van der Waals surface area contributed by atoms with Gasteiger partial charge in [0, 0.05) is 25.8 Å². The average molecular weight is 367 g/mol. The number of aryl methyl sites for hydroxylation is 1. The molecule has 0 radical (unpaired) electrons. The molecule has 0 unspecified atom stereocenters. The second-order valence-corrected chi connectivity index (χ2v) is 7.18. The summed E-state index contributed by atoms with van der Waals surface area (Å²) in [5.41, 5.74) is 0.687. The number of hydrogen-bond donors (Lipinski definition) is 0. The molecule has 140 valence electrons. The third kappa shape index (κ3) is 2.68. The van der Waals surface area contributed by atoms with E-state index >= 15 is 0 Å². The van der Waals surface area contributed by atoms with Crippen molar-refractivity contribution < 1.29 is 4.79 Å². The Labute approximate surface area is 155 Å². The zero-order valence-corrected chi connectivity index (χ0v) is 15.5. The molecule has 0 fully saturated rings. The van der Waals surface area contributed by atoms with Crippen LogP contribution < -0.4 is 16.1 Å². The molecule has 0 saturated carbocycles. The van der Waals surface area contributed by atoms with Crippen molar-refractivity contribution in [3.05, 3.63) is 51.2 Å². The molecular formula is C19H21N5O3. The van der Waals surface area contributed by atoms with Crippen molar-refractivity contribution in [2.45, 2.75) is 26.9 Å². The molecule has 3 aromatic rings. The number of nitrogens with zero attached hydrogens (tertiary/aromatic N) is 5. The van der Waals surface area contributed by atoms with Gasteiger partial charge in [-0.2, -0.15) is 4.98 Å². The molecule has 0 aliphatic carbocycles. The summed E-state index contributed by atoms with van der Waals surface area (Å²) in [5.74, 6) is 0.682. The maximum atomic E-state index is 13.0. The van der Waals surface area contributed by atoms with Crippen molar-refractivity contribution in [1.82, 2.24) is 18.7 Å². The second-order valence-electron chi connectivity index (χ2n) is 7.18. The van der Waals surface area contributed by atoms with Gasteiger partial charge in [-0.1, -0.05) is 25.1 Å². The van der Waals surface area contributed by atoms with E-state index in [0.29, 0.717) is 23.7 Å². The third-order valence-electron chi connectivity index (χ3n) is 4.89. The van der Waals surface area contributed by atoms with Gasteiger partial charge in [-0.25, -0.2) is 4.79 Å². The predicted molar refractivity (Wildman–Crippen MR) is 103 cm³/mol. The molecule has 8 heteroatoms. The van der Waals surface area contributed by atoms with Gasteiger partial charge in [0.2, 0.25) is 5.95 Å². The lowest BCUT2D eigenvalue weighted by Crippen LogP contribution is -2.41. The van der Waals surface area contributed by atoms with Crippen LogP contribution in [0.2, 0.25) is 0 Å². The summed E-state index contributed by atoms with van der Waals surface area (Å²) >= 11 is 0. The lowest BCUT2D eigenvalue weighted by molar-refractivity contribution is -0.117. The summed E-state index contributed by atoms with van der Waals surface area (Å²) in [7, 11) is 1.58. The smallest absolute Gasteiger partial charge is 0.312 e. The van der Waals surface area contributed by atoms with Crippen LogP contribution >= 0.6 is 0 Å². The number of aromatic nitrogens is 4. The van der Waals surface area contributed by atoms with Crippen molar-refractivity contribution in [1.29, 1.82) is 0 Å². The lowest BCUT2D eigenvalue weighted by Gasteiger charge is -2.32. The molecule has 1 aromatic carbocycles.